The highest BCUT2D eigenvalue weighted by molar-refractivity contribution is 9.10. The minimum atomic E-state index is -4.81. The minimum Gasteiger partial charge on any atom is -0.478 e. The molecule has 1 aromatic carbocycles. The molecule has 0 spiro atoms. The van der Waals surface area contributed by atoms with Crippen LogP contribution in [0.3, 0.4) is 0 Å². The normalized spacial score (nSPS) is 19.4. The number of carboxylic acid groups (broad SMARTS) is 1. The molecule has 1 saturated heterocycles. The number of aromatic carboxylic acids is 1. The predicted octanol–water partition coefficient (Wildman–Crippen LogP) is 1.55. The van der Waals surface area contributed by atoms with Gasteiger partial charge in [-0.05, 0) is 28.1 Å². The van der Waals surface area contributed by atoms with Crippen LogP contribution in [0.4, 0.5) is 9.57 Å². The van der Waals surface area contributed by atoms with E-state index >= 15 is 0 Å². The summed E-state index contributed by atoms with van der Waals surface area (Å²) in [5.74, 6) is -1.76. The van der Waals surface area contributed by atoms with Gasteiger partial charge < -0.3 is 10.0 Å². The summed E-state index contributed by atoms with van der Waals surface area (Å²) in [5.41, 5.74) is 0.142. The zero-order valence-corrected chi connectivity index (χ0v) is 12.3. The van der Waals surface area contributed by atoms with Crippen molar-refractivity contribution in [3.05, 3.63) is 28.2 Å². The van der Waals surface area contributed by atoms with Gasteiger partial charge in [-0.3, -0.25) is 4.79 Å². The molecule has 0 aromatic heterocycles. The summed E-state index contributed by atoms with van der Waals surface area (Å²) < 4.78 is 34.8. The molecule has 6 nitrogen and oxygen atoms in total. The second-order valence-corrected chi connectivity index (χ2v) is 6.66. The number of benzene rings is 1. The molecule has 9 heteroatoms. The molecule has 1 atom stereocenters. The third-order valence-electron chi connectivity index (χ3n) is 2.99. The van der Waals surface area contributed by atoms with E-state index in [2.05, 4.69) is 15.9 Å². The van der Waals surface area contributed by atoms with Gasteiger partial charge in [-0.2, -0.15) is 8.42 Å². The zero-order chi connectivity index (χ0) is 15.1. The van der Waals surface area contributed by atoms with E-state index in [9.17, 15) is 21.9 Å². The van der Waals surface area contributed by atoms with Gasteiger partial charge in [0.25, 0.3) is 0 Å². The second kappa shape index (κ2) is 5.13. The van der Waals surface area contributed by atoms with Crippen molar-refractivity contribution in [2.24, 2.45) is 0 Å². The molecule has 1 heterocycles. The van der Waals surface area contributed by atoms with Crippen molar-refractivity contribution in [1.82, 2.24) is 0 Å². The zero-order valence-electron chi connectivity index (χ0n) is 9.92. The van der Waals surface area contributed by atoms with E-state index in [4.69, 9.17) is 5.11 Å². The first-order chi connectivity index (χ1) is 9.21. The fraction of sp³-hybridized carbons (Fsp3) is 0.273. The number of halogens is 2. The quantitative estimate of drug-likeness (QED) is 0.820. The summed E-state index contributed by atoms with van der Waals surface area (Å²) in [7, 11) is -4.81. The molecule has 1 aliphatic heterocycles. The van der Waals surface area contributed by atoms with Crippen LogP contribution in [0, 0.1) is 0 Å². The molecular weight excluding hydrogens is 357 g/mol. The average Bonchev–Trinajstić information content (AvgIpc) is 2.71. The van der Waals surface area contributed by atoms with Gasteiger partial charge in [-0.1, -0.05) is 6.07 Å². The Morgan fingerprint density at radius 2 is 2.10 bits per heavy atom. The third kappa shape index (κ3) is 2.68. The lowest BCUT2D eigenvalue weighted by atomic mass is 10.2. The number of hydrogen-bond acceptors (Lipinski definition) is 4. The standard InChI is InChI=1S/C11H9BrFNO5S/c12-10-7(11(16)17)2-1-3-8(10)14-5-6(4-9(14)15)20(13,18)19/h1-3,6H,4-5H2,(H,16,17). The number of anilines is 1. The van der Waals surface area contributed by atoms with E-state index in [1.807, 2.05) is 0 Å². The molecular formula is C11H9BrFNO5S. The third-order valence-corrected chi connectivity index (χ3v) is 4.93. The van der Waals surface area contributed by atoms with E-state index in [1.165, 1.54) is 18.2 Å². The predicted molar refractivity (Wildman–Crippen MR) is 71.9 cm³/mol. The van der Waals surface area contributed by atoms with Crippen LogP contribution >= 0.6 is 15.9 Å². The molecule has 0 radical (unpaired) electrons. The van der Waals surface area contributed by atoms with E-state index in [-0.39, 0.29) is 22.3 Å². The first kappa shape index (κ1) is 14.9. The summed E-state index contributed by atoms with van der Waals surface area (Å²) in [5, 5.41) is 7.57. The van der Waals surface area contributed by atoms with Gasteiger partial charge in [0, 0.05) is 13.0 Å². The molecule has 1 unspecified atom stereocenters. The number of carbonyl (C=O) groups excluding carboxylic acids is 1. The second-order valence-electron chi connectivity index (χ2n) is 4.25. The van der Waals surface area contributed by atoms with Gasteiger partial charge in [-0.25, -0.2) is 4.79 Å². The average molecular weight is 366 g/mol. The van der Waals surface area contributed by atoms with Crippen LogP contribution in [0.25, 0.3) is 0 Å². The number of hydrogen-bond donors (Lipinski definition) is 1. The first-order valence-electron chi connectivity index (χ1n) is 5.47. The number of carbonyl (C=O) groups is 2. The van der Waals surface area contributed by atoms with Crippen LogP contribution in [-0.4, -0.2) is 37.2 Å². The molecule has 0 bridgehead atoms. The molecule has 0 aliphatic carbocycles. The van der Waals surface area contributed by atoms with Crippen molar-refractivity contribution in [2.45, 2.75) is 11.7 Å². The van der Waals surface area contributed by atoms with Crippen molar-refractivity contribution in [3.8, 4) is 0 Å². The van der Waals surface area contributed by atoms with Crippen LogP contribution < -0.4 is 4.90 Å². The molecule has 0 saturated carbocycles. The molecule has 2 rings (SSSR count). The fourth-order valence-corrected chi connectivity index (χ4v) is 3.31. The van der Waals surface area contributed by atoms with Crippen LogP contribution in [-0.2, 0) is 15.0 Å². The van der Waals surface area contributed by atoms with Crippen LogP contribution in [0.15, 0.2) is 22.7 Å². The topological polar surface area (TPSA) is 91.8 Å². The molecule has 20 heavy (non-hydrogen) atoms. The summed E-state index contributed by atoms with van der Waals surface area (Å²) in [6.45, 7) is -0.334. The molecule has 1 aliphatic rings. The van der Waals surface area contributed by atoms with Gasteiger partial charge in [0.15, 0.2) is 0 Å². The summed E-state index contributed by atoms with van der Waals surface area (Å²) in [4.78, 5) is 23.9. The molecule has 1 N–H and O–H groups in total. The van der Waals surface area contributed by atoms with Crippen molar-refractivity contribution in [2.75, 3.05) is 11.4 Å². The lowest BCUT2D eigenvalue weighted by molar-refractivity contribution is -0.117. The highest BCUT2D eigenvalue weighted by atomic mass is 79.9. The van der Waals surface area contributed by atoms with Crippen LogP contribution in [0.5, 0.6) is 0 Å². The van der Waals surface area contributed by atoms with Crippen molar-refractivity contribution >= 4 is 43.7 Å². The Balaban J connectivity index is 2.41. The smallest absolute Gasteiger partial charge is 0.336 e. The van der Waals surface area contributed by atoms with Crippen LogP contribution in [0.2, 0.25) is 0 Å². The highest BCUT2D eigenvalue weighted by Gasteiger charge is 2.39. The maximum absolute atomic E-state index is 13.0. The van der Waals surface area contributed by atoms with E-state index in [0.29, 0.717) is 0 Å². The van der Waals surface area contributed by atoms with Crippen molar-refractivity contribution < 1.29 is 27.0 Å². The lowest BCUT2D eigenvalue weighted by Gasteiger charge is -2.18. The molecule has 108 valence electrons. The summed E-state index contributed by atoms with van der Waals surface area (Å²) >= 11 is 3.07. The van der Waals surface area contributed by atoms with Crippen LogP contribution in [0.1, 0.15) is 16.8 Å². The van der Waals surface area contributed by atoms with Gasteiger partial charge in [0.1, 0.15) is 5.25 Å². The highest BCUT2D eigenvalue weighted by Crippen LogP contribution is 2.34. The fourth-order valence-electron chi connectivity index (χ4n) is 1.99. The lowest BCUT2D eigenvalue weighted by Crippen LogP contribution is -2.27. The number of carboxylic acids is 1. The van der Waals surface area contributed by atoms with Gasteiger partial charge in [-0.15, -0.1) is 3.89 Å². The monoisotopic (exact) mass is 365 g/mol. The van der Waals surface area contributed by atoms with Crippen molar-refractivity contribution in [1.29, 1.82) is 0 Å². The van der Waals surface area contributed by atoms with E-state index in [0.717, 1.165) is 4.90 Å². The first-order valence-corrected chi connectivity index (χ1v) is 7.71. The van der Waals surface area contributed by atoms with E-state index in [1.54, 1.807) is 0 Å². The van der Waals surface area contributed by atoms with Gasteiger partial charge in [0.2, 0.25) is 5.91 Å². The number of amides is 1. The number of rotatable bonds is 3. The Morgan fingerprint density at radius 1 is 1.45 bits per heavy atom. The molecule has 1 amide bonds. The Bertz CT molecular complexity index is 690. The van der Waals surface area contributed by atoms with Gasteiger partial charge >= 0.3 is 16.2 Å². The summed E-state index contributed by atoms with van der Waals surface area (Å²) in [6, 6.07) is 4.22. The maximum atomic E-state index is 13.0. The Hall–Kier alpha value is -1.48. The Morgan fingerprint density at radius 3 is 2.60 bits per heavy atom. The minimum absolute atomic E-state index is 0.0677. The van der Waals surface area contributed by atoms with E-state index < -0.39 is 33.8 Å². The van der Waals surface area contributed by atoms with Gasteiger partial charge in [0.05, 0.1) is 15.7 Å². The molecule has 1 aromatic rings. The summed E-state index contributed by atoms with van der Waals surface area (Å²) in [6.07, 6.45) is -0.456. The Kier molecular flexibility index (Phi) is 3.83. The number of nitrogens with zero attached hydrogens (tertiary/aromatic N) is 1. The Labute approximate surface area is 122 Å². The molecule has 1 fully saturated rings. The largest absolute Gasteiger partial charge is 0.478 e. The SMILES string of the molecule is O=C(O)c1cccc(N2CC(S(=O)(=O)F)CC2=O)c1Br. The van der Waals surface area contributed by atoms with Crippen molar-refractivity contribution in [3.63, 3.8) is 0 Å². The maximum Gasteiger partial charge on any atom is 0.336 e.